The second-order valence-corrected chi connectivity index (χ2v) is 7.81. The molecule has 4 atom stereocenters. The van der Waals surface area contributed by atoms with E-state index < -0.39 is 53.2 Å². The van der Waals surface area contributed by atoms with E-state index in [4.69, 9.17) is 10.5 Å². The number of amides is 2. The third kappa shape index (κ3) is 4.20. The maximum absolute atomic E-state index is 14.4. The number of hydrogen-bond acceptors (Lipinski definition) is 4. The van der Waals surface area contributed by atoms with Crippen LogP contribution in [0.2, 0.25) is 0 Å². The number of primary amides is 1. The van der Waals surface area contributed by atoms with Gasteiger partial charge in [0, 0.05) is 29.3 Å². The van der Waals surface area contributed by atoms with Crippen molar-refractivity contribution in [3.63, 3.8) is 0 Å². The average molecular weight is 469 g/mol. The third-order valence-electron chi connectivity index (χ3n) is 5.94. The summed E-state index contributed by atoms with van der Waals surface area (Å²) < 4.78 is 75.3. The maximum Gasteiger partial charge on any atom is 0.417 e. The monoisotopic (exact) mass is 469 g/mol. The minimum Gasteiger partial charge on any atom is -0.364 e. The van der Waals surface area contributed by atoms with Gasteiger partial charge in [0.1, 0.15) is 11.8 Å². The molecule has 0 aliphatic carbocycles. The lowest BCUT2D eigenvalue weighted by atomic mass is 9.75. The summed E-state index contributed by atoms with van der Waals surface area (Å²) >= 11 is 0. The second kappa shape index (κ2) is 8.54. The minimum absolute atomic E-state index is 0.0358. The number of benzene rings is 1. The molecule has 0 saturated carbocycles. The largest absolute Gasteiger partial charge is 0.417 e. The molecule has 6 nitrogen and oxygen atoms in total. The Labute approximate surface area is 185 Å². The van der Waals surface area contributed by atoms with Gasteiger partial charge in [-0.25, -0.2) is 8.78 Å². The average Bonchev–Trinajstić information content (AvgIpc) is 3.02. The predicted octanol–water partition coefficient (Wildman–Crippen LogP) is 4.18. The Morgan fingerprint density at radius 2 is 1.94 bits per heavy atom. The van der Waals surface area contributed by atoms with Crippen LogP contribution in [0.4, 0.5) is 27.6 Å². The van der Waals surface area contributed by atoms with Gasteiger partial charge in [0.2, 0.25) is 0 Å². The zero-order valence-electron chi connectivity index (χ0n) is 17.5. The number of carbonyl (C=O) groups excluding carboxylic acids is 2. The van der Waals surface area contributed by atoms with Crippen LogP contribution in [0.3, 0.4) is 0 Å². The highest BCUT2D eigenvalue weighted by molar-refractivity contribution is 5.97. The molecular formula is C22H20F5N3O3. The van der Waals surface area contributed by atoms with Gasteiger partial charge >= 0.3 is 6.18 Å². The van der Waals surface area contributed by atoms with Crippen molar-refractivity contribution in [3.05, 3.63) is 65.5 Å². The Hall–Kier alpha value is -3.34. The lowest BCUT2D eigenvalue weighted by molar-refractivity contribution is -0.272. The number of halogens is 5. The van der Waals surface area contributed by atoms with E-state index in [1.165, 1.54) is 19.2 Å². The number of aromatic nitrogens is 1. The molecule has 1 fully saturated rings. The summed E-state index contributed by atoms with van der Waals surface area (Å²) in [6.07, 6.45) is -4.46. The van der Waals surface area contributed by atoms with Crippen molar-refractivity contribution >= 4 is 23.6 Å². The van der Waals surface area contributed by atoms with E-state index in [1.807, 2.05) is 0 Å². The van der Waals surface area contributed by atoms with E-state index in [0.717, 1.165) is 31.2 Å². The summed E-state index contributed by atoms with van der Waals surface area (Å²) in [6.45, 7) is 5.43. The molecule has 176 valence electrons. The molecule has 33 heavy (non-hydrogen) atoms. The molecule has 0 spiro atoms. The SMILES string of the molecule is C=Cc1c([C@H]2[C@@H](C(=O)Nc3ccnc(C(N)=O)c3)O[C@@](C)(C(F)(F)F)[C@@H]2C)ccc(F)c1F. The van der Waals surface area contributed by atoms with Gasteiger partial charge in [0.05, 0.1) is 0 Å². The summed E-state index contributed by atoms with van der Waals surface area (Å²) in [5.41, 5.74) is 1.83. The fourth-order valence-corrected chi connectivity index (χ4v) is 3.96. The van der Waals surface area contributed by atoms with Gasteiger partial charge in [-0.1, -0.05) is 25.6 Å². The van der Waals surface area contributed by atoms with Crippen molar-refractivity contribution in [2.75, 3.05) is 5.32 Å². The van der Waals surface area contributed by atoms with E-state index in [9.17, 15) is 31.5 Å². The molecule has 1 aliphatic heterocycles. The number of hydrogen-bond donors (Lipinski definition) is 2. The molecule has 1 saturated heterocycles. The van der Waals surface area contributed by atoms with E-state index >= 15 is 0 Å². The van der Waals surface area contributed by atoms with E-state index in [2.05, 4.69) is 16.9 Å². The van der Waals surface area contributed by atoms with Crippen LogP contribution in [0.5, 0.6) is 0 Å². The zero-order valence-corrected chi connectivity index (χ0v) is 17.5. The highest BCUT2D eigenvalue weighted by Gasteiger charge is 2.65. The minimum atomic E-state index is -4.87. The van der Waals surface area contributed by atoms with Crippen LogP contribution in [0.25, 0.3) is 6.08 Å². The predicted molar refractivity (Wildman–Crippen MR) is 109 cm³/mol. The smallest absolute Gasteiger partial charge is 0.364 e. The Bertz CT molecular complexity index is 1120. The number of nitrogens with one attached hydrogen (secondary N) is 1. The lowest BCUT2D eigenvalue weighted by Crippen LogP contribution is -2.47. The first-order valence-corrected chi connectivity index (χ1v) is 9.73. The molecule has 2 aromatic rings. The van der Waals surface area contributed by atoms with Crippen LogP contribution in [0.1, 0.15) is 41.4 Å². The van der Waals surface area contributed by atoms with Crippen molar-refractivity contribution < 1.29 is 36.3 Å². The summed E-state index contributed by atoms with van der Waals surface area (Å²) in [6, 6.07) is 4.32. The first-order chi connectivity index (χ1) is 15.3. The van der Waals surface area contributed by atoms with Crippen LogP contribution >= 0.6 is 0 Å². The molecule has 1 aliphatic rings. The van der Waals surface area contributed by atoms with Gasteiger partial charge in [-0.3, -0.25) is 14.6 Å². The lowest BCUT2D eigenvalue weighted by Gasteiger charge is -2.32. The van der Waals surface area contributed by atoms with Crippen LogP contribution in [-0.2, 0) is 9.53 Å². The molecule has 0 radical (unpaired) electrons. The molecule has 2 heterocycles. The first kappa shape index (κ1) is 24.3. The summed E-state index contributed by atoms with van der Waals surface area (Å²) in [7, 11) is 0. The van der Waals surface area contributed by atoms with E-state index in [0.29, 0.717) is 0 Å². The van der Waals surface area contributed by atoms with Gasteiger partial charge in [0.15, 0.2) is 17.2 Å². The van der Waals surface area contributed by atoms with Crippen molar-refractivity contribution in [1.82, 2.24) is 4.98 Å². The fourth-order valence-electron chi connectivity index (χ4n) is 3.96. The number of ether oxygens (including phenoxy) is 1. The molecule has 11 heteroatoms. The van der Waals surface area contributed by atoms with Crippen molar-refractivity contribution in [3.8, 4) is 0 Å². The normalized spacial score (nSPS) is 25.0. The third-order valence-corrected chi connectivity index (χ3v) is 5.94. The number of rotatable bonds is 5. The van der Waals surface area contributed by atoms with Gasteiger partial charge in [0.25, 0.3) is 11.8 Å². The van der Waals surface area contributed by atoms with Crippen LogP contribution in [0, 0.1) is 17.6 Å². The number of anilines is 1. The van der Waals surface area contributed by atoms with E-state index in [1.54, 1.807) is 0 Å². The standard InChI is InChI=1S/C22H20F5N3O3/c1-4-12-13(5-6-14(23)17(12)24)16-10(2)21(3,22(25,26)27)33-18(16)20(32)30-11-7-8-29-15(9-11)19(28)31/h4-10,16,18H,1H2,2-3H3,(H2,28,31)(H,29,30,32)/t10-,16+,18+,21-/m1/s1. The molecule has 1 aromatic carbocycles. The molecule has 0 bridgehead atoms. The molecule has 2 amide bonds. The highest BCUT2D eigenvalue weighted by atomic mass is 19.4. The van der Waals surface area contributed by atoms with E-state index in [-0.39, 0.29) is 22.5 Å². The van der Waals surface area contributed by atoms with Gasteiger partial charge in [-0.05, 0) is 30.7 Å². The van der Waals surface area contributed by atoms with Gasteiger partial charge < -0.3 is 15.8 Å². The molecule has 3 rings (SSSR count). The van der Waals surface area contributed by atoms with Crippen LogP contribution in [-0.4, -0.2) is 34.7 Å². The molecule has 3 N–H and O–H groups in total. The summed E-state index contributed by atoms with van der Waals surface area (Å²) in [5.74, 6) is -7.05. The van der Waals surface area contributed by atoms with Gasteiger partial charge in [-0.2, -0.15) is 13.2 Å². The number of carbonyl (C=O) groups is 2. The van der Waals surface area contributed by atoms with Crippen molar-refractivity contribution in [2.45, 2.75) is 37.6 Å². The summed E-state index contributed by atoms with van der Waals surface area (Å²) in [4.78, 5) is 28.1. The maximum atomic E-state index is 14.4. The Morgan fingerprint density at radius 3 is 2.52 bits per heavy atom. The van der Waals surface area contributed by atoms with Crippen LogP contribution < -0.4 is 11.1 Å². The highest BCUT2D eigenvalue weighted by Crippen LogP contribution is 2.54. The topological polar surface area (TPSA) is 94.3 Å². The second-order valence-electron chi connectivity index (χ2n) is 7.81. The van der Waals surface area contributed by atoms with Crippen LogP contribution in [0.15, 0.2) is 37.0 Å². The Morgan fingerprint density at radius 1 is 1.27 bits per heavy atom. The van der Waals surface area contributed by atoms with Crippen molar-refractivity contribution in [1.29, 1.82) is 0 Å². The Kier molecular flexibility index (Phi) is 6.29. The Balaban J connectivity index is 2.08. The molecular weight excluding hydrogens is 449 g/mol. The van der Waals surface area contributed by atoms with Gasteiger partial charge in [-0.15, -0.1) is 0 Å². The fraction of sp³-hybridized carbons (Fsp3) is 0.318. The number of pyridine rings is 1. The summed E-state index contributed by atoms with van der Waals surface area (Å²) in [5, 5.41) is 2.38. The number of nitrogens with two attached hydrogens (primary N) is 1. The molecule has 1 aromatic heterocycles. The van der Waals surface area contributed by atoms with Crippen molar-refractivity contribution in [2.24, 2.45) is 11.7 Å². The number of nitrogens with zero attached hydrogens (tertiary/aromatic N) is 1. The molecule has 0 unspecified atom stereocenters. The zero-order chi connectivity index (χ0) is 24.7. The number of alkyl halides is 3. The first-order valence-electron chi connectivity index (χ1n) is 9.73. The quantitative estimate of drug-likeness (QED) is 0.643.